The average Bonchev–Trinajstić information content (AvgIpc) is 2.66. The number of nitrogens with zero attached hydrogens (tertiary/aromatic N) is 1. The third-order valence-electron chi connectivity index (χ3n) is 3.13. The number of halogens is 1. The van der Waals surface area contributed by atoms with Crippen LogP contribution in [0.4, 0.5) is 0 Å². The summed E-state index contributed by atoms with van der Waals surface area (Å²) in [4.78, 5) is 4.16. The van der Waals surface area contributed by atoms with E-state index in [2.05, 4.69) is 29.1 Å². The van der Waals surface area contributed by atoms with Crippen LogP contribution in [0.2, 0.25) is 0 Å². The second-order valence-corrected chi connectivity index (χ2v) is 4.61. The van der Waals surface area contributed by atoms with Crippen molar-refractivity contribution in [3.8, 4) is 0 Å². The van der Waals surface area contributed by atoms with Crippen LogP contribution in [0.5, 0.6) is 0 Å². The SMILES string of the molecule is C=CCNC(=NC)NCC1(C)CCCC1.I. The Morgan fingerprint density at radius 2 is 2.00 bits per heavy atom. The molecule has 0 aliphatic heterocycles. The molecule has 0 saturated heterocycles. The molecule has 0 unspecified atom stereocenters. The fourth-order valence-corrected chi connectivity index (χ4v) is 2.09. The first-order valence-corrected chi connectivity index (χ1v) is 5.76. The van der Waals surface area contributed by atoms with E-state index in [-0.39, 0.29) is 24.0 Å². The minimum Gasteiger partial charge on any atom is -0.356 e. The van der Waals surface area contributed by atoms with Gasteiger partial charge in [-0.1, -0.05) is 25.8 Å². The van der Waals surface area contributed by atoms with E-state index in [1.807, 2.05) is 6.08 Å². The van der Waals surface area contributed by atoms with E-state index in [9.17, 15) is 0 Å². The van der Waals surface area contributed by atoms with Crippen LogP contribution in [-0.2, 0) is 0 Å². The van der Waals surface area contributed by atoms with Crippen molar-refractivity contribution in [1.82, 2.24) is 10.6 Å². The summed E-state index contributed by atoms with van der Waals surface area (Å²) >= 11 is 0. The van der Waals surface area contributed by atoms with E-state index < -0.39 is 0 Å². The molecule has 1 fully saturated rings. The van der Waals surface area contributed by atoms with Gasteiger partial charge < -0.3 is 10.6 Å². The molecule has 0 atom stereocenters. The summed E-state index contributed by atoms with van der Waals surface area (Å²) in [6, 6.07) is 0. The van der Waals surface area contributed by atoms with Gasteiger partial charge in [0, 0.05) is 20.1 Å². The summed E-state index contributed by atoms with van der Waals surface area (Å²) in [6.07, 6.45) is 7.24. The predicted octanol–water partition coefficient (Wildman–Crippen LogP) is 2.54. The molecule has 3 nitrogen and oxygen atoms in total. The van der Waals surface area contributed by atoms with Crippen LogP contribution in [0.25, 0.3) is 0 Å². The lowest BCUT2D eigenvalue weighted by atomic mass is 9.89. The van der Waals surface area contributed by atoms with Crippen LogP contribution in [0.3, 0.4) is 0 Å². The third-order valence-corrected chi connectivity index (χ3v) is 3.13. The second kappa shape index (κ2) is 7.92. The van der Waals surface area contributed by atoms with E-state index >= 15 is 0 Å². The van der Waals surface area contributed by atoms with E-state index in [4.69, 9.17) is 0 Å². The molecule has 0 spiro atoms. The van der Waals surface area contributed by atoms with E-state index in [1.165, 1.54) is 25.7 Å². The summed E-state index contributed by atoms with van der Waals surface area (Å²) in [6.45, 7) is 7.81. The zero-order valence-electron chi connectivity index (χ0n) is 10.4. The molecule has 2 N–H and O–H groups in total. The second-order valence-electron chi connectivity index (χ2n) is 4.61. The van der Waals surface area contributed by atoms with Crippen molar-refractivity contribution in [2.45, 2.75) is 32.6 Å². The molecule has 16 heavy (non-hydrogen) atoms. The molecule has 0 aromatic rings. The molecule has 0 bridgehead atoms. The van der Waals surface area contributed by atoms with Gasteiger partial charge in [0.2, 0.25) is 0 Å². The van der Waals surface area contributed by atoms with Crippen LogP contribution < -0.4 is 10.6 Å². The summed E-state index contributed by atoms with van der Waals surface area (Å²) in [5.41, 5.74) is 0.464. The maximum absolute atomic E-state index is 4.16. The molecule has 1 saturated carbocycles. The van der Waals surface area contributed by atoms with Crippen LogP contribution in [-0.4, -0.2) is 26.1 Å². The first-order chi connectivity index (χ1) is 7.20. The van der Waals surface area contributed by atoms with Gasteiger partial charge in [0.25, 0.3) is 0 Å². The maximum Gasteiger partial charge on any atom is 0.191 e. The van der Waals surface area contributed by atoms with Crippen molar-refractivity contribution < 1.29 is 0 Å². The van der Waals surface area contributed by atoms with Crippen molar-refractivity contribution in [3.63, 3.8) is 0 Å². The lowest BCUT2D eigenvalue weighted by Gasteiger charge is -2.24. The Hall–Kier alpha value is -0.260. The molecule has 0 aromatic heterocycles. The van der Waals surface area contributed by atoms with Gasteiger partial charge in [0.1, 0.15) is 0 Å². The number of hydrogen-bond acceptors (Lipinski definition) is 1. The van der Waals surface area contributed by atoms with Gasteiger partial charge in [-0.05, 0) is 18.3 Å². The topological polar surface area (TPSA) is 36.4 Å². The van der Waals surface area contributed by atoms with Crippen LogP contribution >= 0.6 is 24.0 Å². The number of rotatable bonds is 4. The number of guanidine groups is 1. The fourth-order valence-electron chi connectivity index (χ4n) is 2.09. The Balaban J connectivity index is 0.00000225. The molecular formula is C12H24IN3. The van der Waals surface area contributed by atoms with Crippen molar-refractivity contribution in [3.05, 3.63) is 12.7 Å². The first kappa shape index (κ1) is 15.7. The molecular weight excluding hydrogens is 313 g/mol. The Morgan fingerprint density at radius 3 is 2.50 bits per heavy atom. The molecule has 1 aliphatic rings. The highest BCUT2D eigenvalue weighted by Gasteiger charge is 2.28. The highest BCUT2D eigenvalue weighted by molar-refractivity contribution is 14.0. The summed E-state index contributed by atoms with van der Waals surface area (Å²) in [7, 11) is 1.80. The molecule has 94 valence electrons. The summed E-state index contributed by atoms with van der Waals surface area (Å²) in [5, 5.41) is 6.56. The van der Waals surface area contributed by atoms with Crippen LogP contribution in [0.1, 0.15) is 32.6 Å². The summed E-state index contributed by atoms with van der Waals surface area (Å²) in [5.74, 6) is 0.878. The Bertz CT molecular complexity index is 232. The van der Waals surface area contributed by atoms with Gasteiger partial charge in [0.15, 0.2) is 5.96 Å². The van der Waals surface area contributed by atoms with Crippen molar-refractivity contribution in [1.29, 1.82) is 0 Å². The van der Waals surface area contributed by atoms with Gasteiger partial charge in [0.05, 0.1) is 0 Å². The summed E-state index contributed by atoms with van der Waals surface area (Å²) < 4.78 is 0. The lowest BCUT2D eigenvalue weighted by Crippen LogP contribution is -2.42. The molecule has 1 aliphatic carbocycles. The van der Waals surface area contributed by atoms with Crippen molar-refractivity contribution >= 4 is 29.9 Å². The minimum absolute atomic E-state index is 0. The number of aliphatic imine (C=N–C) groups is 1. The fraction of sp³-hybridized carbons (Fsp3) is 0.750. The molecule has 0 heterocycles. The zero-order chi connectivity index (χ0) is 11.1. The zero-order valence-corrected chi connectivity index (χ0v) is 12.7. The van der Waals surface area contributed by atoms with Gasteiger partial charge in [-0.3, -0.25) is 4.99 Å². The Labute approximate surface area is 116 Å². The largest absolute Gasteiger partial charge is 0.356 e. The van der Waals surface area contributed by atoms with Crippen LogP contribution in [0, 0.1) is 5.41 Å². The number of nitrogens with one attached hydrogen (secondary N) is 2. The highest BCUT2D eigenvalue weighted by Crippen LogP contribution is 2.36. The van der Waals surface area contributed by atoms with E-state index in [1.54, 1.807) is 7.05 Å². The third kappa shape index (κ3) is 5.18. The van der Waals surface area contributed by atoms with Gasteiger partial charge >= 0.3 is 0 Å². The highest BCUT2D eigenvalue weighted by atomic mass is 127. The average molecular weight is 337 g/mol. The van der Waals surface area contributed by atoms with Gasteiger partial charge in [-0.25, -0.2) is 0 Å². The van der Waals surface area contributed by atoms with Crippen LogP contribution in [0.15, 0.2) is 17.6 Å². The van der Waals surface area contributed by atoms with Gasteiger partial charge in [-0.2, -0.15) is 0 Å². The molecule has 1 rings (SSSR count). The standard InChI is InChI=1S/C12H23N3.HI/c1-4-9-14-11(13-3)15-10-12(2)7-5-6-8-12;/h4H,1,5-10H2,2-3H3,(H2,13,14,15);1H. The minimum atomic E-state index is 0. The van der Waals surface area contributed by atoms with Crippen molar-refractivity contribution in [2.75, 3.05) is 20.1 Å². The molecule has 0 radical (unpaired) electrons. The molecule has 0 amide bonds. The maximum atomic E-state index is 4.16. The molecule has 4 heteroatoms. The monoisotopic (exact) mass is 337 g/mol. The predicted molar refractivity (Wildman–Crippen MR) is 81.6 cm³/mol. The first-order valence-electron chi connectivity index (χ1n) is 5.76. The van der Waals surface area contributed by atoms with Gasteiger partial charge in [-0.15, -0.1) is 30.6 Å². The Kier molecular flexibility index (Phi) is 7.80. The molecule has 0 aromatic carbocycles. The normalized spacial score (nSPS) is 18.8. The van der Waals surface area contributed by atoms with E-state index in [0.717, 1.165) is 19.0 Å². The smallest absolute Gasteiger partial charge is 0.191 e. The quantitative estimate of drug-likeness (QED) is 0.358. The van der Waals surface area contributed by atoms with E-state index in [0.29, 0.717) is 5.41 Å². The Morgan fingerprint density at radius 1 is 1.38 bits per heavy atom. The number of hydrogen-bond donors (Lipinski definition) is 2. The lowest BCUT2D eigenvalue weighted by molar-refractivity contribution is 0.334. The van der Waals surface area contributed by atoms with Crippen molar-refractivity contribution in [2.24, 2.45) is 10.4 Å².